The highest BCUT2D eigenvalue weighted by molar-refractivity contribution is 5.78. The van der Waals surface area contributed by atoms with E-state index in [1.54, 1.807) is 0 Å². The van der Waals surface area contributed by atoms with Gasteiger partial charge in [-0.2, -0.15) is 0 Å². The van der Waals surface area contributed by atoms with Crippen molar-refractivity contribution in [2.24, 2.45) is 5.92 Å². The Balaban J connectivity index is 2.42. The van der Waals surface area contributed by atoms with E-state index in [1.165, 1.54) is 0 Å². The molecule has 1 saturated heterocycles. The second-order valence-electron chi connectivity index (χ2n) is 5.70. The van der Waals surface area contributed by atoms with Crippen LogP contribution in [0.1, 0.15) is 58.8 Å². The fraction of sp³-hybridized carbons (Fsp3) is 0.867. The number of rotatable bonds is 8. The van der Waals surface area contributed by atoms with Gasteiger partial charge in [0.1, 0.15) is 0 Å². The molecule has 1 rings (SSSR count). The van der Waals surface area contributed by atoms with E-state index >= 15 is 0 Å². The highest BCUT2D eigenvalue weighted by Gasteiger charge is 2.30. The molecule has 1 aliphatic rings. The van der Waals surface area contributed by atoms with Gasteiger partial charge in [-0.15, -0.1) is 0 Å². The van der Waals surface area contributed by atoms with Crippen molar-refractivity contribution in [1.29, 1.82) is 0 Å². The lowest BCUT2D eigenvalue weighted by Gasteiger charge is -2.32. The van der Waals surface area contributed by atoms with Gasteiger partial charge >= 0.3 is 5.97 Å². The molecule has 0 aromatic carbocycles. The molecule has 0 atom stereocenters. The van der Waals surface area contributed by atoms with Gasteiger partial charge in [-0.05, 0) is 38.0 Å². The van der Waals surface area contributed by atoms with Crippen LogP contribution in [0.2, 0.25) is 0 Å². The van der Waals surface area contributed by atoms with Crippen LogP contribution in [-0.4, -0.2) is 35.7 Å². The maximum atomic E-state index is 12.1. The number of hydrogen-bond acceptors (Lipinski definition) is 3. The molecule has 1 fully saturated rings. The maximum Gasteiger partial charge on any atom is 0.305 e. The smallest absolute Gasteiger partial charge is 0.305 e. The Morgan fingerprint density at radius 2 is 1.85 bits per heavy atom. The van der Waals surface area contributed by atoms with Crippen molar-refractivity contribution in [3.8, 4) is 0 Å². The predicted molar refractivity (Wildman–Crippen MR) is 76.5 cm³/mol. The van der Waals surface area contributed by atoms with E-state index in [9.17, 15) is 9.59 Å². The van der Waals surface area contributed by atoms with Crippen molar-refractivity contribution in [2.75, 3.05) is 13.2 Å². The zero-order valence-corrected chi connectivity index (χ0v) is 12.6. The lowest BCUT2D eigenvalue weighted by Crippen LogP contribution is -2.49. The number of ether oxygens (including phenoxy) is 1. The van der Waals surface area contributed by atoms with Gasteiger partial charge in [-0.3, -0.25) is 9.59 Å². The van der Waals surface area contributed by atoms with Gasteiger partial charge < -0.3 is 15.2 Å². The molecule has 1 amide bonds. The van der Waals surface area contributed by atoms with Gasteiger partial charge in [0, 0.05) is 25.2 Å². The van der Waals surface area contributed by atoms with Crippen LogP contribution in [-0.2, 0) is 14.3 Å². The molecule has 0 bridgehead atoms. The van der Waals surface area contributed by atoms with E-state index in [0.29, 0.717) is 25.2 Å². The second kappa shape index (κ2) is 8.25. The SMILES string of the molecule is CCC(CC)(CC(=O)O)NC(=O)CCC1CCOCC1. The van der Waals surface area contributed by atoms with Gasteiger partial charge in [0.2, 0.25) is 5.91 Å². The number of aliphatic carboxylic acids is 1. The summed E-state index contributed by atoms with van der Waals surface area (Å²) < 4.78 is 5.30. The van der Waals surface area contributed by atoms with E-state index in [2.05, 4.69) is 5.32 Å². The Kier molecular flexibility index (Phi) is 6.99. The minimum absolute atomic E-state index is 0.0109. The van der Waals surface area contributed by atoms with Crippen LogP contribution in [0.5, 0.6) is 0 Å². The average Bonchev–Trinajstić information content (AvgIpc) is 2.45. The van der Waals surface area contributed by atoms with Crippen molar-refractivity contribution < 1.29 is 19.4 Å². The van der Waals surface area contributed by atoms with E-state index in [-0.39, 0.29) is 12.3 Å². The normalized spacial score (nSPS) is 16.9. The average molecular weight is 285 g/mol. The Hall–Kier alpha value is -1.10. The minimum Gasteiger partial charge on any atom is -0.481 e. The molecule has 5 heteroatoms. The van der Waals surface area contributed by atoms with Crippen LogP contribution >= 0.6 is 0 Å². The second-order valence-corrected chi connectivity index (χ2v) is 5.70. The zero-order chi connectivity index (χ0) is 15.0. The first-order valence-corrected chi connectivity index (χ1v) is 7.62. The summed E-state index contributed by atoms with van der Waals surface area (Å²) in [6.45, 7) is 5.43. The molecule has 0 radical (unpaired) electrons. The van der Waals surface area contributed by atoms with Gasteiger partial charge in [0.25, 0.3) is 0 Å². The van der Waals surface area contributed by atoms with E-state index in [4.69, 9.17) is 9.84 Å². The molecule has 1 heterocycles. The highest BCUT2D eigenvalue weighted by atomic mass is 16.5. The monoisotopic (exact) mass is 285 g/mol. The fourth-order valence-corrected chi connectivity index (χ4v) is 2.74. The number of carbonyl (C=O) groups excluding carboxylic acids is 1. The molecule has 0 aromatic rings. The quantitative estimate of drug-likeness (QED) is 0.717. The summed E-state index contributed by atoms with van der Waals surface area (Å²) in [6, 6.07) is 0. The molecule has 116 valence electrons. The van der Waals surface area contributed by atoms with Crippen molar-refractivity contribution in [1.82, 2.24) is 5.32 Å². The molecular weight excluding hydrogens is 258 g/mol. The number of amides is 1. The minimum atomic E-state index is -0.863. The fourth-order valence-electron chi connectivity index (χ4n) is 2.74. The summed E-state index contributed by atoms with van der Waals surface area (Å²) in [6.07, 6.45) is 4.66. The molecule has 0 aromatic heterocycles. The van der Waals surface area contributed by atoms with Crippen LogP contribution in [0, 0.1) is 5.92 Å². The summed E-state index contributed by atoms with van der Waals surface area (Å²) in [5, 5.41) is 11.9. The molecule has 0 spiro atoms. The highest BCUT2D eigenvalue weighted by Crippen LogP contribution is 2.22. The summed E-state index contributed by atoms with van der Waals surface area (Å²) in [5.74, 6) is -0.327. The number of carbonyl (C=O) groups is 2. The van der Waals surface area contributed by atoms with Gasteiger partial charge in [-0.25, -0.2) is 0 Å². The van der Waals surface area contributed by atoms with Crippen molar-refractivity contribution in [2.45, 2.75) is 64.3 Å². The van der Waals surface area contributed by atoms with Crippen molar-refractivity contribution in [3.63, 3.8) is 0 Å². The van der Waals surface area contributed by atoms with Crippen LogP contribution in [0.25, 0.3) is 0 Å². The van der Waals surface area contributed by atoms with Gasteiger partial charge in [0.05, 0.1) is 6.42 Å². The van der Waals surface area contributed by atoms with Crippen molar-refractivity contribution in [3.05, 3.63) is 0 Å². The topological polar surface area (TPSA) is 75.6 Å². The molecule has 20 heavy (non-hydrogen) atoms. The zero-order valence-electron chi connectivity index (χ0n) is 12.6. The van der Waals surface area contributed by atoms with Gasteiger partial charge in [-0.1, -0.05) is 13.8 Å². The molecule has 1 aliphatic heterocycles. The Morgan fingerprint density at radius 1 is 1.25 bits per heavy atom. The number of carboxylic acids is 1. The number of carboxylic acid groups (broad SMARTS) is 1. The van der Waals surface area contributed by atoms with Crippen LogP contribution in [0.15, 0.2) is 0 Å². The van der Waals surface area contributed by atoms with E-state index in [0.717, 1.165) is 32.5 Å². The summed E-state index contributed by atoms with van der Waals surface area (Å²) in [7, 11) is 0. The Labute approximate surface area is 121 Å². The van der Waals surface area contributed by atoms with Crippen LogP contribution in [0.3, 0.4) is 0 Å². The third-order valence-electron chi connectivity index (χ3n) is 4.37. The van der Waals surface area contributed by atoms with Crippen LogP contribution in [0.4, 0.5) is 0 Å². The largest absolute Gasteiger partial charge is 0.481 e. The van der Waals surface area contributed by atoms with Crippen LogP contribution < -0.4 is 5.32 Å². The van der Waals surface area contributed by atoms with E-state index < -0.39 is 11.5 Å². The molecular formula is C15H27NO4. The molecule has 5 nitrogen and oxygen atoms in total. The predicted octanol–water partition coefficient (Wildman–Crippen LogP) is 2.34. The summed E-state index contributed by atoms with van der Waals surface area (Å²) >= 11 is 0. The third-order valence-corrected chi connectivity index (χ3v) is 4.37. The summed E-state index contributed by atoms with van der Waals surface area (Å²) in [4.78, 5) is 23.0. The lowest BCUT2D eigenvalue weighted by molar-refractivity contribution is -0.139. The molecule has 0 aliphatic carbocycles. The number of nitrogens with one attached hydrogen (secondary N) is 1. The summed E-state index contributed by atoms with van der Waals surface area (Å²) in [5.41, 5.74) is -0.599. The standard InChI is InChI=1S/C15H27NO4/c1-3-15(4-2,11-14(18)19)16-13(17)6-5-12-7-9-20-10-8-12/h12H,3-11H2,1-2H3,(H,16,17)(H,18,19). The van der Waals surface area contributed by atoms with E-state index in [1.807, 2.05) is 13.8 Å². The molecule has 0 unspecified atom stereocenters. The third kappa shape index (κ3) is 5.49. The first-order valence-electron chi connectivity index (χ1n) is 7.62. The Morgan fingerprint density at radius 3 is 2.35 bits per heavy atom. The lowest BCUT2D eigenvalue weighted by atomic mass is 9.88. The Bertz CT molecular complexity index is 320. The van der Waals surface area contributed by atoms with Crippen molar-refractivity contribution >= 4 is 11.9 Å². The molecule has 0 saturated carbocycles. The molecule has 2 N–H and O–H groups in total. The first kappa shape index (κ1) is 17.0. The number of hydrogen-bond donors (Lipinski definition) is 2. The van der Waals surface area contributed by atoms with Gasteiger partial charge in [0.15, 0.2) is 0 Å². The maximum absolute atomic E-state index is 12.1. The first-order chi connectivity index (χ1) is 9.51.